The van der Waals surface area contributed by atoms with Gasteiger partial charge >= 0.3 is 29.6 Å². The number of fused-ring (bicyclic) bond motifs is 22. The molecule has 0 bridgehead atoms. The summed E-state index contributed by atoms with van der Waals surface area (Å²) in [6.45, 7) is 0. The molecule has 0 aliphatic rings. The maximum atomic E-state index is 7.23. The first kappa shape index (κ1) is 69.6. The fraction of sp³-hybridized carbons (Fsp3) is 0. The normalized spacial score (nSPS) is 11.6. The van der Waals surface area contributed by atoms with E-state index >= 15 is 0 Å². The second-order valence-electron chi connectivity index (χ2n) is 28.6. The Morgan fingerprint density at radius 2 is 0.517 bits per heavy atom. The molecule has 0 amide bonds. The van der Waals surface area contributed by atoms with E-state index in [1.54, 1.807) is 0 Å². The van der Waals surface area contributed by atoms with Crippen molar-refractivity contribution in [1.29, 1.82) is 0 Å². The third kappa shape index (κ3) is 11.9. The molecule has 0 atom stereocenters. The first-order valence-electron chi connectivity index (χ1n) is 38.3. The summed E-state index contributed by atoms with van der Waals surface area (Å²) in [6, 6.07) is 130. The van der Waals surface area contributed by atoms with Crippen molar-refractivity contribution in [1.82, 2.24) is 48.6 Å². The van der Waals surface area contributed by atoms with E-state index in [0.29, 0.717) is 29.2 Å². The number of H-pyrrole nitrogens is 1. The first-order chi connectivity index (χ1) is 57.0. The number of benzene rings is 16. The van der Waals surface area contributed by atoms with E-state index in [2.05, 4.69) is 313 Å². The summed E-state index contributed by atoms with van der Waals surface area (Å²) in [5.41, 5.74) is 22.5. The van der Waals surface area contributed by atoms with Crippen LogP contribution < -0.4 is 29.6 Å². The van der Waals surface area contributed by atoms with Gasteiger partial charge < -0.3 is 24.4 Å². The maximum Gasteiger partial charge on any atom is 1.00 e. The molecule has 24 rings (SSSR count). The van der Waals surface area contributed by atoms with E-state index in [1.165, 1.54) is 38.0 Å². The Bertz CT molecular complexity index is 7890. The molecule has 12 nitrogen and oxygen atoms in total. The molecule has 1 N–H and O–H groups in total. The van der Waals surface area contributed by atoms with Gasteiger partial charge in [-0.3, -0.25) is 4.57 Å². The molecule has 0 aliphatic heterocycles. The quantitative estimate of drug-likeness (QED) is 0.141. The van der Waals surface area contributed by atoms with Gasteiger partial charge in [-0.15, -0.1) is 0 Å². The monoisotopic (exact) mass is 1520 g/mol. The number of furan rings is 2. The largest absolute Gasteiger partial charge is 1.00 e. The standard InChI is InChI=1S/C51H31N5O.C30H18N2O.C21H14ClN3.Na.H/c1-4-14-32(15-5-1)33-24-26-35(27-25-33)50-52-49(34-16-6-2-7-17-34)53-51(54-50)56-44-23-13-11-21-38(44)40-29-31-42-41-30-28-39-37-20-10-12-22-43(37)55(36-18-8-3-9-19-36)45(39)47(41)57-48(42)46(40)56;1-2-8-18(9-3-1)32-26-13-7-5-11-20(26)22-15-17-24-23-16-14-21-19-10-4-6-12-25(19)31-27(21)29(23)33-30(24)28(22)32;22-21-24-19(17-9-5-2-6-10-17)23-20(25-21)18-13-11-16(12-14-18)15-7-3-1-4-8-15;;/h1-31H;1-17,31H;1-14H;;/q;;;+1;-1. The zero-order valence-electron chi connectivity index (χ0n) is 63.5. The van der Waals surface area contributed by atoms with E-state index in [-0.39, 0.29) is 36.3 Å². The first-order valence-corrected chi connectivity index (χ1v) is 38.6. The van der Waals surface area contributed by atoms with Crippen LogP contribution in [-0.4, -0.2) is 48.6 Å². The van der Waals surface area contributed by atoms with Crippen LogP contribution in [0.5, 0.6) is 0 Å². The van der Waals surface area contributed by atoms with Gasteiger partial charge in [0.25, 0.3) is 0 Å². The van der Waals surface area contributed by atoms with Gasteiger partial charge in [0.1, 0.15) is 5.52 Å². The molecule has 24 aromatic rings. The second-order valence-corrected chi connectivity index (χ2v) is 29.0. The maximum absolute atomic E-state index is 7.23. The Morgan fingerprint density at radius 3 is 0.940 bits per heavy atom. The number of halogens is 1. The van der Waals surface area contributed by atoms with E-state index in [1.807, 2.05) is 97.1 Å². The molecule has 8 aromatic heterocycles. The number of aromatic amines is 1. The number of hydrogen-bond acceptors (Lipinski definition) is 8. The van der Waals surface area contributed by atoms with Gasteiger partial charge in [0, 0.05) is 104 Å². The zero-order valence-corrected chi connectivity index (χ0v) is 65.3. The Balaban J connectivity index is 0.000000124. The van der Waals surface area contributed by atoms with Gasteiger partial charge in [-0.25, -0.2) is 9.97 Å². The molecule has 16 aromatic carbocycles. The average molecular weight is 1520 g/mol. The zero-order chi connectivity index (χ0) is 76.0. The molecule has 0 fully saturated rings. The average Bonchev–Trinajstić information content (AvgIpc) is 1.51. The Hall–Kier alpha value is -14.4. The van der Waals surface area contributed by atoms with Crippen molar-refractivity contribution >= 4 is 143 Å². The van der Waals surface area contributed by atoms with Crippen molar-refractivity contribution in [2.75, 3.05) is 0 Å². The molecule has 116 heavy (non-hydrogen) atoms. The molecular weight excluding hydrogens is 1460 g/mol. The molecule has 0 saturated heterocycles. The Kier molecular flexibility index (Phi) is 17.4. The summed E-state index contributed by atoms with van der Waals surface area (Å²) >= 11 is 6.11. The Labute approximate surface area is 692 Å². The van der Waals surface area contributed by atoms with Gasteiger partial charge in [-0.1, -0.05) is 303 Å². The smallest absolute Gasteiger partial charge is 1.00 e. The van der Waals surface area contributed by atoms with Gasteiger partial charge in [-0.2, -0.15) is 19.9 Å². The third-order valence-corrected chi connectivity index (χ3v) is 22.2. The van der Waals surface area contributed by atoms with E-state index in [4.69, 9.17) is 35.4 Å². The van der Waals surface area contributed by atoms with Gasteiger partial charge in [0.2, 0.25) is 11.2 Å². The molecule has 14 heteroatoms. The topological polar surface area (TPSA) is 134 Å². The van der Waals surface area contributed by atoms with E-state index in [0.717, 1.165) is 149 Å². The van der Waals surface area contributed by atoms with Gasteiger partial charge in [0.15, 0.2) is 45.6 Å². The van der Waals surface area contributed by atoms with Crippen LogP contribution in [0.25, 0.3) is 216 Å². The number of nitrogens with zero attached hydrogens (tertiary/aromatic N) is 9. The van der Waals surface area contributed by atoms with E-state index in [9.17, 15) is 0 Å². The van der Waals surface area contributed by atoms with Crippen LogP contribution in [0.1, 0.15) is 1.43 Å². The minimum Gasteiger partial charge on any atom is -1.00 e. The van der Waals surface area contributed by atoms with Crippen molar-refractivity contribution in [2.24, 2.45) is 0 Å². The van der Waals surface area contributed by atoms with Crippen molar-refractivity contribution in [2.45, 2.75) is 0 Å². The second kappa shape index (κ2) is 29.0. The summed E-state index contributed by atoms with van der Waals surface area (Å²) in [5.74, 6) is 2.85. The summed E-state index contributed by atoms with van der Waals surface area (Å²) in [7, 11) is 0. The SMILES string of the molecule is Clc1nc(-c2ccccc2)nc(-c2ccc(-c3ccccc3)cc2)n1.[H-].[Na+].c1ccc(-c2ccc(-c3nc(-c4ccccc4)nc(-n4c5ccccc5c5ccc6c7ccc8c9ccccc9n(-c9ccccc9)c8c7oc6c54)n3)cc2)cc1.c1ccc(-n2c3ccccc3c3ccc4c5ccc6c7ccccc7[nH]c6c5oc4c32)cc1. The van der Waals surface area contributed by atoms with E-state index < -0.39 is 0 Å². The molecule has 0 aliphatic carbocycles. The molecule has 542 valence electrons. The number of rotatable bonds is 9. The van der Waals surface area contributed by atoms with Crippen molar-refractivity contribution in [3.63, 3.8) is 0 Å². The van der Waals surface area contributed by atoms with Crippen molar-refractivity contribution < 1.29 is 39.8 Å². The van der Waals surface area contributed by atoms with Crippen LogP contribution in [-0.2, 0) is 0 Å². The summed E-state index contributed by atoms with van der Waals surface area (Å²) in [5, 5.41) is 13.9. The third-order valence-electron chi connectivity index (χ3n) is 22.0. The number of para-hydroxylation sites is 6. The minimum atomic E-state index is 0. The van der Waals surface area contributed by atoms with Crippen LogP contribution in [0.15, 0.2) is 385 Å². The Morgan fingerprint density at radius 1 is 0.233 bits per heavy atom. The fourth-order valence-corrected chi connectivity index (χ4v) is 16.9. The molecule has 0 spiro atoms. The molecule has 0 radical (unpaired) electrons. The van der Waals surface area contributed by atoms with Crippen LogP contribution in [0.2, 0.25) is 5.28 Å². The molecular formula is C102H64ClN10NaO2. The van der Waals surface area contributed by atoms with Crippen molar-refractivity contribution in [3.8, 4) is 85.1 Å². The van der Waals surface area contributed by atoms with Gasteiger partial charge in [0.05, 0.1) is 33.1 Å². The predicted octanol–water partition coefficient (Wildman–Crippen LogP) is 23.9. The van der Waals surface area contributed by atoms with Crippen LogP contribution in [0.4, 0.5) is 0 Å². The summed E-state index contributed by atoms with van der Waals surface area (Å²) in [6.07, 6.45) is 0. The number of nitrogens with one attached hydrogen (secondary N) is 1. The molecule has 8 heterocycles. The van der Waals surface area contributed by atoms with Crippen LogP contribution >= 0.6 is 11.6 Å². The fourth-order valence-electron chi connectivity index (χ4n) is 16.7. The van der Waals surface area contributed by atoms with Crippen LogP contribution in [0.3, 0.4) is 0 Å². The summed E-state index contributed by atoms with van der Waals surface area (Å²) in [4.78, 5) is 32.2. The molecule has 0 saturated carbocycles. The predicted molar refractivity (Wildman–Crippen MR) is 472 cm³/mol. The van der Waals surface area contributed by atoms with Crippen molar-refractivity contribution in [3.05, 3.63) is 381 Å². The number of hydrogen-bond donors (Lipinski definition) is 1. The van der Waals surface area contributed by atoms with Gasteiger partial charge in [-0.05, 0) is 107 Å². The summed E-state index contributed by atoms with van der Waals surface area (Å²) < 4.78 is 20.8. The minimum absolute atomic E-state index is 0. The number of aromatic nitrogens is 10. The van der Waals surface area contributed by atoms with Crippen LogP contribution in [0, 0.1) is 0 Å². The molecule has 0 unspecified atom stereocenters.